The Hall–Kier alpha value is -0.120. The molecule has 2 saturated heterocycles. The molecule has 1 saturated carbocycles. The van der Waals surface area contributed by atoms with Gasteiger partial charge in [0.15, 0.2) is 0 Å². The van der Waals surface area contributed by atoms with Crippen molar-refractivity contribution in [3.05, 3.63) is 0 Å². The van der Waals surface area contributed by atoms with Crippen molar-refractivity contribution < 1.29 is 4.74 Å². The van der Waals surface area contributed by atoms with Gasteiger partial charge in [0, 0.05) is 19.1 Å². The highest BCUT2D eigenvalue weighted by atomic mass is 16.5. The molecule has 3 aliphatic rings. The Bertz CT molecular complexity index is 230. The monoisotopic (exact) mass is 238 g/mol. The van der Waals surface area contributed by atoms with Crippen molar-refractivity contribution in [3.8, 4) is 0 Å². The second kappa shape index (κ2) is 5.68. The molecule has 0 aromatic carbocycles. The molecular weight excluding hydrogens is 212 g/mol. The van der Waals surface area contributed by atoms with E-state index in [9.17, 15) is 0 Å². The maximum Gasteiger partial charge on any atom is 0.0707 e. The van der Waals surface area contributed by atoms with Crippen LogP contribution in [0.1, 0.15) is 44.9 Å². The number of nitrogens with one attached hydrogen (secondary N) is 1. The summed E-state index contributed by atoms with van der Waals surface area (Å²) in [5.41, 5.74) is 0. The highest BCUT2D eigenvalue weighted by molar-refractivity contribution is 4.84. The maximum atomic E-state index is 5.85. The third-order valence-corrected chi connectivity index (χ3v) is 4.28. The van der Waals surface area contributed by atoms with Gasteiger partial charge in [-0.3, -0.25) is 4.90 Å². The van der Waals surface area contributed by atoms with Gasteiger partial charge in [0.2, 0.25) is 0 Å². The van der Waals surface area contributed by atoms with E-state index in [1.54, 1.807) is 0 Å². The summed E-state index contributed by atoms with van der Waals surface area (Å²) in [6.07, 6.45) is 10.6. The van der Waals surface area contributed by atoms with Crippen LogP contribution in [0.15, 0.2) is 0 Å². The Morgan fingerprint density at radius 1 is 0.941 bits per heavy atom. The fraction of sp³-hybridized carbons (Fsp3) is 1.00. The third-order valence-electron chi connectivity index (χ3n) is 4.28. The number of fused-ring (bicyclic) bond motifs is 2. The fourth-order valence-electron chi connectivity index (χ4n) is 3.11. The molecule has 2 bridgehead atoms. The van der Waals surface area contributed by atoms with Gasteiger partial charge in [0.1, 0.15) is 0 Å². The first kappa shape index (κ1) is 11.9. The predicted octanol–water partition coefficient (Wildman–Crippen LogP) is 1.77. The van der Waals surface area contributed by atoms with Gasteiger partial charge >= 0.3 is 0 Å². The lowest BCUT2D eigenvalue weighted by Crippen LogP contribution is -2.42. The van der Waals surface area contributed by atoms with Crippen LogP contribution in [0.4, 0.5) is 0 Å². The molecule has 98 valence electrons. The predicted molar refractivity (Wildman–Crippen MR) is 69.2 cm³/mol. The Kier molecular flexibility index (Phi) is 3.99. The van der Waals surface area contributed by atoms with Crippen molar-refractivity contribution in [2.24, 2.45) is 0 Å². The van der Waals surface area contributed by atoms with Gasteiger partial charge in [-0.1, -0.05) is 6.42 Å². The molecular formula is C14H26N2O. The normalized spacial score (nSPS) is 33.2. The lowest BCUT2D eigenvalue weighted by molar-refractivity contribution is -0.0385. The maximum absolute atomic E-state index is 5.85. The largest absolute Gasteiger partial charge is 0.372 e. The van der Waals surface area contributed by atoms with Gasteiger partial charge in [-0.15, -0.1) is 0 Å². The summed E-state index contributed by atoms with van der Waals surface area (Å²) in [5, 5.41) is 3.59. The standard InChI is InChI=1S/C14H26N2O/c1(2-8-15-12-4-5-12)3-9-16-10-13-6-7-14(11-16)17-13/h12-15H,1-11H2. The molecule has 17 heavy (non-hydrogen) atoms. The molecule has 1 N–H and O–H groups in total. The topological polar surface area (TPSA) is 24.5 Å². The van der Waals surface area contributed by atoms with Crippen molar-refractivity contribution in [1.29, 1.82) is 0 Å². The molecule has 2 heterocycles. The smallest absolute Gasteiger partial charge is 0.0707 e. The summed E-state index contributed by atoms with van der Waals surface area (Å²) >= 11 is 0. The fourth-order valence-corrected chi connectivity index (χ4v) is 3.11. The number of unbranched alkanes of at least 4 members (excludes halogenated alkanes) is 2. The highest BCUT2D eigenvalue weighted by Crippen LogP contribution is 2.26. The second-order valence-corrected chi connectivity index (χ2v) is 6.01. The van der Waals surface area contributed by atoms with Crippen LogP contribution >= 0.6 is 0 Å². The Labute approximate surface area is 105 Å². The van der Waals surface area contributed by atoms with E-state index in [0.717, 1.165) is 6.04 Å². The second-order valence-electron chi connectivity index (χ2n) is 6.01. The first-order chi connectivity index (χ1) is 8.40. The quantitative estimate of drug-likeness (QED) is 0.684. The molecule has 0 spiro atoms. The zero-order chi connectivity index (χ0) is 11.5. The summed E-state index contributed by atoms with van der Waals surface area (Å²) < 4.78 is 5.85. The van der Waals surface area contributed by atoms with E-state index in [1.165, 1.54) is 71.1 Å². The van der Waals surface area contributed by atoms with Gasteiger partial charge in [0.25, 0.3) is 0 Å². The van der Waals surface area contributed by atoms with Crippen LogP contribution in [-0.4, -0.2) is 49.3 Å². The Morgan fingerprint density at radius 3 is 2.41 bits per heavy atom. The number of morpholine rings is 1. The van der Waals surface area contributed by atoms with E-state index in [0.29, 0.717) is 12.2 Å². The first-order valence-electron chi connectivity index (χ1n) is 7.51. The van der Waals surface area contributed by atoms with Crippen LogP contribution in [0.3, 0.4) is 0 Å². The van der Waals surface area contributed by atoms with Gasteiger partial charge in [-0.2, -0.15) is 0 Å². The molecule has 3 heteroatoms. The summed E-state index contributed by atoms with van der Waals surface area (Å²) in [7, 11) is 0. The van der Waals surface area contributed by atoms with Crippen LogP contribution in [0.25, 0.3) is 0 Å². The Balaban J connectivity index is 1.22. The lowest BCUT2D eigenvalue weighted by atomic mass is 10.2. The average Bonchev–Trinajstić information content (AvgIpc) is 3.09. The van der Waals surface area contributed by atoms with Crippen molar-refractivity contribution in [1.82, 2.24) is 10.2 Å². The van der Waals surface area contributed by atoms with Crippen LogP contribution in [0, 0.1) is 0 Å². The van der Waals surface area contributed by atoms with E-state index in [1.807, 2.05) is 0 Å². The molecule has 0 aromatic rings. The minimum Gasteiger partial charge on any atom is -0.372 e. The van der Waals surface area contributed by atoms with Crippen LogP contribution in [0.2, 0.25) is 0 Å². The minimum atomic E-state index is 0.560. The zero-order valence-corrected chi connectivity index (χ0v) is 10.9. The number of hydrogen-bond acceptors (Lipinski definition) is 3. The lowest BCUT2D eigenvalue weighted by Gasteiger charge is -2.32. The van der Waals surface area contributed by atoms with Crippen LogP contribution in [0.5, 0.6) is 0 Å². The summed E-state index contributed by atoms with van der Waals surface area (Å²) in [4.78, 5) is 2.63. The number of rotatable bonds is 7. The average molecular weight is 238 g/mol. The van der Waals surface area contributed by atoms with Crippen molar-refractivity contribution in [2.45, 2.75) is 63.2 Å². The zero-order valence-electron chi connectivity index (χ0n) is 10.9. The molecule has 0 aromatic heterocycles. The number of nitrogens with zero attached hydrogens (tertiary/aromatic N) is 1. The molecule has 0 amide bonds. The molecule has 2 unspecified atom stereocenters. The molecule has 2 atom stereocenters. The van der Waals surface area contributed by atoms with E-state index in [2.05, 4.69) is 10.2 Å². The highest BCUT2D eigenvalue weighted by Gasteiger charge is 2.33. The van der Waals surface area contributed by atoms with Crippen molar-refractivity contribution in [3.63, 3.8) is 0 Å². The minimum absolute atomic E-state index is 0.560. The summed E-state index contributed by atoms with van der Waals surface area (Å²) in [5.74, 6) is 0. The van der Waals surface area contributed by atoms with Gasteiger partial charge in [0.05, 0.1) is 12.2 Å². The number of likely N-dealkylation sites (tertiary alicyclic amines) is 1. The van der Waals surface area contributed by atoms with Crippen molar-refractivity contribution in [2.75, 3.05) is 26.2 Å². The molecule has 1 aliphatic carbocycles. The summed E-state index contributed by atoms with van der Waals surface area (Å²) in [6, 6.07) is 0.880. The van der Waals surface area contributed by atoms with Crippen molar-refractivity contribution >= 4 is 0 Å². The SMILES string of the molecule is C(CCNC1CC1)CCN1CC2CCC(C1)O2. The van der Waals surface area contributed by atoms with Gasteiger partial charge in [-0.05, 0) is 51.6 Å². The summed E-state index contributed by atoms with van der Waals surface area (Å²) in [6.45, 7) is 4.91. The molecule has 3 fully saturated rings. The number of hydrogen-bond donors (Lipinski definition) is 1. The molecule has 2 aliphatic heterocycles. The molecule has 0 radical (unpaired) electrons. The van der Waals surface area contributed by atoms with E-state index < -0.39 is 0 Å². The third kappa shape index (κ3) is 3.67. The Morgan fingerprint density at radius 2 is 1.71 bits per heavy atom. The van der Waals surface area contributed by atoms with E-state index >= 15 is 0 Å². The molecule has 3 nitrogen and oxygen atoms in total. The van der Waals surface area contributed by atoms with Crippen LogP contribution < -0.4 is 5.32 Å². The van der Waals surface area contributed by atoms with Gasteiger partial charge < -0.3 is 10.1 Å². The van der Waals surface area contributed by atoms with Gasteiger partial charge in [-0.25, -0.2) is 0 Å². The first-order valence-corrected chi connectivity index (χ1v) is 7.51. The van der Waals surface area contributed by atoms with E-state index in [-0.39, 0.29) is 0 Å². The van der Waals surface area contributed by atoms with E-state index in [4.69, 9.17) is 4.74 Å². The molecule has 3 rings (SSSR count). The van der Waals surface area contributed by atoms with Crippen LogP contribution in [-0.2, 0) is 4.74 Å². The number of ether oxygens (including phenoxy) is 1.